The number of amides is 2. The molecule has 0 spiro atoms. The van der Waals surface area contributed by atoms with Crippen molar-refractivity contribution in [1.82, 2.24) is 10.2 Å². The normalized spacial score (nSPS) is 23.0. The van der Waals surface area contributed by atoms with Crippen LogP contribution in [0.25, 0.3) is 0 Å². The molecule has 2 atom stereocenters. The van der Waals surface area contributed by atoms with Crippen LogP contribution in [0.2, 0.25) is 0 Å². The summed E-state index contributed by atoms with van der Waals surface area (Å²) in [7, 11) is 0. The van der Waals surface area contributed by atoms with Crippen molar-refractivity contribution in [1.29, 1.82) is 0 Å². The van der Waals surface area contributed by atoms with Crippen molar-refractivity contribution < 1.29 is 9.59 Å². The van der Waals surface area contributed by atoms with Gasteiger partial charge in [-0.3, -0.25) is 9.59 Å². The van der Waals surface area contributed by atoms with Gasteiger partial charge in [-0.2, -0.15) is 11.8 Å². The highest BCUT2D eigenvalue weighted by Gasteiger charge is 2.37. The molecule has 1 fully saturated rings. The summed E-state index contributed by atoms with van der Waals surface area (Å²) in [6, 6.07) is -0.413. The van der Waals surface area contributed by atoms with Gasteiger partial charge in [0.15, 0.2) is 0 Å². The van der Waals surface area contributed by atoms with E-state index in [0.717, 1.165) is 12.3 Å². The highest BCUT2D eigenvalue weighted by atomic mass is 32.2. The number of nitrogens with zero attached hydrogens (tertiary/aromatic N) is 1. The van der Waals surface area contributed by atoms with Gasteiger partial charge >= 0.3 is 0 Å². The Morgan fingerprint density at radius 3 is 2.58 bits per heavy atom. The van der Waals surface area contributed by atoms with Gasteiger partial charge in [0.1, 0.15) is 6.04 Å². The second-order valence-electron chi connectivity index (χ2n) is 6.46. The van der Waals surface area contributed by atoms with Crippen molar-refractivity contribution in [2.24, 2.45) is 11.3 Å². The van der Waals surface area contributed by atoms with Crippen LogP contribution in [0.5, 0.6) is 0 Å². The van der Waals surface area contributed by atoms with Gasteiger partial charge in [0.05, 0.1) is 0 Å². The molecule has 1 aliphatic rings. The molecule has 1 heterocycles. The molecule has 0 aliphatic carbocycles. The van der Waals surface area contributed by atoms with Gasteiger partial charge in [-0.1, -0.05) is 27.7 Å². The Morgan fingerprint density at radius 1 is 1.42 bits per heavy atom. The molecule has 0 aromatic carbocycles. The molecule has 5 heteroatoms. The van der Waals surface area contributed by atoms with Gasteiger partial charge in [0.2, 0.25) is 11.8 Å². The maximum Gasteiger partial charge on any atom is 0.245 e. The first-order valence-electron chi connectivity index (χ1n) is 6.82. The van der Waals surface area contributed by atoms with Crippen molar-refractivity contribution in [2.45, 2.75) is 40.2 Å². The average Bonchev–Trinajstić information content (AvgIpc) is 2.41. The zero-order valence-corrected chi connectivity index (χ0v) is 13.5. The standard InChI is InChI=1S/C14H26N2O2S/c1-10(9-19-5)8-16-7-6-11(17)15-12(13(16)18)14(2,3)4/h10,12H,6-9H2,1-5H3,(H,15,17). The van der Waals surface area contributed by atoms with Gasteiger partial charge < -0.3 is 10.2 Å². The van der Waals surface area contributed by atoms with Crippen LogP contribution in [0.15, 0.2) is 0 Å². The molecule has 1 rings (SSSR count). The van der Waals surface area contributed by atoms with Crippen LogP contribution in [0, 0.1) is 11.3 Å². The molecule has 110 valence electrons. The minimum Gasteiger partial charge on any atom is -0.344 e. The summed E-state index contributed by atoms with van der Waals surface area (Å²) in [5.74, 6) is 1.53. The molecule has 0 saturated carbocycles. The molecule has 0 bridgehead atoms. The minimum atomic E-state index is -0.413. The fourth-order valence-electron chi connectivity index (χ4n) is 2.31. The quantitative estimate of drug-likeness (QED) is 0.856. The minimum absolute atomic E-state index is 0.0201. The smallest absolute Gasteiger partial charge is 0.245 e. The van der Waals surface area contributed by atoms with Crippen LogP contribution in [0.3, 0.4) is 0 Å². The molecular formula is C14H26N2O2S. The first-order valence-corrected chi connectivity index (χ1v) is 8.22. The molecule has 0 aromatic heterocycles. The number of carbonyl (C=O) groups excluding carboxylic acids is 2. The SMILES string of the molecule is CSCC(C)CN1CCC(=O)NC(C(C)(C)C)C1=O. The summed E-state index contributed by atoms with van der Waals surface area (Å²) in [5.41, 5.74) is -0.252. The van der Waals surface area contributed by atoms with Gasteiger partial charge in [-0.25, -0.2) is 0 Å². The third kappa shape index (κ3) is 4.71. The molecule has 1 N–H and O–H groups in total. The van der Waals surface area contributed by atoms with Crippen molar-refractivity contribution in [2.75, 3.05) is 25.1 Å². The van der Waals surface area contributed by atoms with Crippen LogP contribution in [0.4, 0.5) is 0 Å². The highest BCUT2D eigenvalue weighted by molar-refractivity contribution is 7.98. The van der Waals surface area contributed by atoms with Crippen LogP contribution >= 0.6 is 11.8 Å². The van der Waals surface area contributed by atoms with E-state index in [1.54, 1.807) is 11.8 Å². The molecule has 1 saturated heterocycles. The Morgan fingerprint density at radius 2 is 2.05 bits per heavy atom. The third-order valence-electron chi connectivity index (χ3n) is 3.32. The lowest BCUT2D eigenvalue weighted by molar-refractivity contribution is -0.136. The van der Waals surface area contributed by atoms with E-state index in [-0.39, 0.29) is 17.2 Å². The summed E-state index contributed by atoms with van der Waals surface area (Å²) in [6.45, 7) is 9.40. The van der Waals surface area contributed by atoms with E-state index in [1.165, 1.54) is 0 Å². The van der Waals surface area contributed by atoms with Crippen molar-refractivity contribution >= 4 is 23.6 Å². The summed E-state index contributed by atoms with van der Waals surface area (Å²) in [4.78, 5) is 26.2. The molecule has 4 nitrogen and oxygen atoms in total. The number of nitrogens with one attached hydrogen (secondary N) is 1. The van der Waals surface area contributed by atoms with Crippen LogP contribution in [-0.2, 0) is 9.59 Å². The lowest BCUT2D eigenvalue weighted by Crippen LogP contribution is -2.52. The monoisotopic (exact) mass is 286 g/mol. The van der Waals surface area contributed by atoms with E-state index < -0.39 is 6.04 Å². The Hall–Kier alpha value is -0.710. The fourth-order valence-corrected chi connectivity index (χ4v) is 2.98. The summed E-state index contributed by atoms with van der Waals surface area (Å²) in [5, 5.41) is 2.87. The Bertz CT molecular complexity index is 339. The van der Waals surface area contributed by atoms with E-state index in [2.05, 4.69) is 18.5 Å². The molecule has 19 heavy (non-hydrogen) atoms. The van der Waals surface area contributed by atoms with Gasteiger partial charge in [0.25, 0.3) is 0 Å². The maximum absolute atomic E-state index is 12.6. The molecule has 1 aliphatic heterocycles. The van der Waals surface area contributed by atoms with E-state index in [9.17, 15) is 9.59 Å². The topological polar surface area (TPSA) is 49.4 Å². The summed E-state index contributed by atoms with van der Waals surface area (Å²) in [6.07, 6.45) is 2.48. The van der Waals surface area contributed by atoms with E-state index >= 15 is 0 Å². The second-order valence-corrected chi connectivity index (χ2v) is 7.37. The summed E-state index contributed by atoms with van der Waals surface area (Å²) < 4.78 is 0. The van der Waals surface area contributed by atoms with Crippen LogP contribution < -0.4 is 5.32 Å². The van der Waals surface area contributed by atoms with Gasteiger partial charge in [-0.05, 0) is 23.3 Å². The average molecular weight is 286 g/mol. The number of thioether (sulfide) groups is 1. The van der Waals surface area contributed by atoms with Crippen molar-refractivity contribution in [3.8, 4) is 0 Å². The molecule has 0 aromatic rings. The van der Waals surface area contributed by atoms with Crippen molar-refractivity contribution in [3.63, 3.8) is 0 Å². The van der Waals surface area contributed by atoms with Crippen molar-refractivity contribution in [3.05, 3.63) is 0 Å². The van der Waals surface area contributed by atoms with Crippen LogP contribution in [0.1, 0.15) is 34.1 Å². The first kappa shape index (κ1) is 16.3. The van der Waals surface area contributed by atoms with Gasteiger partial charge in [-0.15, -0.1) is 0 Å². The summed E-state index contributed by atoms with van der Waals surface area (Å²) >= 11 is 1.79. The molecule has 2 amide bonds. The number of hydrogen-bond donors (Lipinski definition) is 1. The Labute approximate surface area is 120 Å². The predicted octanol–water partition coefficient (Wildman–Crippen LogP) is 1.75. The second kappa shape index (κ2) is 6.64. The van der Waals surface area contributed by atoms with E-state index in [4.69, 9.17) is 0 Å². The Balaban J connectivity index is 2.81. The lowest BCUT2D eigenvalue weighted by Gasteiger charge is -2.33. The number of hydrogen-bond acceptors (Lipinski definition) is 3. The molecule has 2 unspecified atom stereocenters. The largest absolute Gasteiger partial charge is 0.344 e. The Kier molecular flexibility index (Phi) is 5.71. The predicted molar refractivity (Wildman–Crippen MR) is 80.1 cm³/mol. The number of carbonyl (C=O) groups is 2. The zero-order chi connectivity index (χ0) is 14.6. The fraction of sp³-hybridized carbons (Fsp3) is 0.857. The molecule has 0 radical (unpaired) electrons. The van der Waals surface area contributed by atoms with Gasteiger partial charge in [0, 0.05) is 19.5 Å². The third-order valence-corrected chi connectivity index (χ3v) is 4.22. The lowest BCUT2D eigenvalue weighted by atomic mass is 9.86. The van der Waals surface area contributed by atoms with Crippen LogP contribution in [-0.4, -0.2) is 47.9 Å². The van der Waals surface area contributed by atoms with E-state index in [0.29, 0.717) is 18.9 Å². The van der Waals surface area contributed by atoms with E-state index in [1.807, 2.05) is 25.7 Å². The first-order chi connectivity index (χ1) is 8.75. The zero-order valence-electron chi connectivity index (χ0n) is 12.7. The highest BCUT2D eigenvalue weighted by Crippen LogP contribution is 2.23. The maximum atomic E-state index is 12.6. The number of rotatable bonds is 4. The molecular weight excluding hydrogens is 260 g/mol.